The molecular formula is C11H9N5. The Bertz CT molecular complexity index is 610. The van der Waals surface area contributed by atoms with Crippen LogP contribution in [0.1, 0.15) is 0 Å². The van der Waals surface area contributed by atoms with Gasteiger partial charge in [0.25, 0.3) is 0 Å². The monoisotopic (exact) mass is 211 g/mol. The molecule has 78 valence electrons. The largest absolute Gasteiger partial charge is 0.382 e. The highest BCUT2D eigenvalue weighted by molar-refractivity contribution is 5.67. The van der Waals surface area contributed by atoms with Crippen molar-refractivity contribution in [2.75, 3.05) is 5.73 Å². The third-order valence-electron chi connectivity index (χ3n) is 2.33. The van der Waals surface area contributed by atoms with E-state index in [9.17, 15) is 0 Å². The van der Waals surface area contributed by atoms with Crippen LogP contribution in [0, 0.1) is 0 Å². The van der Waals surface area contributed by atoms with E-state index >= 15 is 0 Å². The molecule has 0 aliphatic heterocycles. The molecule has 0 unspecified atom stereocenters. The minimum Gasteiger partial charge on any atom is -0.382 e. The van der Waals surface area contributed by atoms with Crippen molar-refractivity contribution in [2.45, 2.75) is 0 Å². The summed E-state index contributed by atoms with van der Waals surface area (Å²) < 4.78 is 1.92. The van der Waals surface area contributed by atoms with Crippen molar-refractivity contribution in [3.63, 3.8) is 0 Å². The molecule has 3 heterocycles. The van der Waals surface area contributed by atoms with E-state index in [2.05, 4.69) is 15.0 Å². The van der Waals surface area contributed by atoms with E-state index in [1.807, 2.05) is 35.0 Å². The van der Waals surface area contributed by atoms with Crippen LogP contribution in [-0.4, -0.2) is 19.4 Å². The predicted octanol–water partition coefficient (Wildman–Crippen LogP) is 1.37. The van der Waals surface area contributed by atoms with Crippen molar-refractivity contribution in [3.05, 3.63) is 43.0 Å². The first-order valence-electron chi connectivity index (χ1n) is 4.85. The molecule has 0 bridgehead atoms. The van der Waals surface area contributed by atoms with E-state index < -0.39 is 0 Å². The number of nitrogens with zero attached hydrogens (tertiary/aromatic N) is 4. The summed E-state index contributed by atoms with van der Waals surface area (Å²) >= 11 is 0. The van der Waals surface area contributed by atoms with Crippen LogP contribution >= 0.6 is 0 Å². The zero-order chi connectivity index (χ0) is 11.0. The molecule has 0 aromatic carbocycles. The summed E-state index contributed by atoms with van der Waals surface area (Å²) in [6.45, 7) is 0. The average Bonchev–Trinajstić information content (AvgIpc) is 2.73. The van der Waals surface area contributed by atoms with Crippen LogP contribution in [0.25, 0.3) is 17.0 Å². The fraction of sp³-hybridized carbons (Fsp3) is 0. The van der Waals surface area contributed by atoms with E-state index in [1.165, 1.54) is 0 Å². The second-order valence-electron chi connectivity index (χ2n) is 3.38. The number of hydrogen-bond donors (Lipinski definition) is 1. The molecule has 0 aliphatic rings. The van der Waals surface area contributed by atoms with Gasteiger partial charge in [-0.15, -0.1) is 0 Å². The molecular weight excluding hydrogens is 202 g/mol. The van der Waals surface area contributed by atoms with Crippen LogP contribution < -0.4 is 5.73 Å². The Morgan fingerprint density at radius 1 is 1.12 bits per heavy atom. The molecule has 5 nitrogen and oxygen atoms in total. The minimum absolute atomic E-state index is 0.394. The fourth-order valence-corrected chi connectivity index (χ4v) is 1.59. The Morgan fingerprint density at radius 3 is 2.81 bits per heavy atom. The topological polar surface area (TPSA) is 69.1 Å². The Labute approximate surface area is 91.6 Å². The Kier molecular flexibility index (Phi) is 1.83. The number of anilines is 1. The highest BCUT2D eigenvalue weighted by atomic mass is 15.0. The summed E-state index contributed by atoms with van der Waals surface area (Å²) in [5.41, 5.74) is 7.97. The average molecular weight is 211 g/mol. The van der Waals surface area contributed by atoms with E-state index in [-0.39, 0.29) is 0 Å². The van der Waals surface area contributed by atoms with Gasteiger partial charge in [0.15, 0.2) is 5.82 Å². The maximum atomic E-state index is 5.75. The second kappa shape index (κ2) is 3.30. The first kappa shape index (κ1) is 8.84. The molecule has 0 spiro atoms. The summed E-state index contributed by atoms with van der Waals surface area (Å²) in [5, 5.41) is 0. The SMILES string of the molecule is Nc1nccnc1-c1cn2ccccc2n1. The minimum atomic E-state index is 0.394. The standard InChI is InChI=1S/C11H9N5/c12-11-10(13-4-5-14-11)8-7-16-6-2-1-3-9(16)15-8/h1-7H,(H2,12,14). The number of hydrogen-bond acceptors (Lipinski definition) is 4. The van der Waals surface area contributed by atoms with Gasteiger partial charge in [-0.05, 0) is 12.1 Å². The summed E-state index contributed by atoms with van der Waals surface area (Å²) in [7, 11) is 0. The van der Waals surface area contributed by atoms with Gasteiger partial charge in [0.1, 0.15) is 17.0 Å². The molecule has 0 amide bonds. The zero-order valence-electron chi connectivity index (χ0n) is 8.41. The van der Waals surface area contributed by atoms with Gasteiger partial charge in [-0.3, -0.25) is 0 Å². The lowest BCUT2D eigenvalue weighted by Gasteiger charge is -1.97. The molecule has 3 rings (SSSR count). The molecule has 0 saturated heterocycles. The van der Waals surface area contributed by atoms with E-state index in [1.54, 1.807) is 12.4 Å². The molecule has 0 saturated carbocycles. The van der Waals surface area contributed by atoms with Crippen molar-refractivity contribution < 1.29 is 0 Å². The molecule has 3 aromatic rings. The summed E-state index contributed by atoms with van der Waals surface area (Å²) in [4.78, 5) is 12.6. The Morgan fingerprint density at radius 2 is 2.00 bits per heavy atom. The van der Waals surface area contributed by atoms with Crippen molar-refractivity contribution in [1.82, 2.24) is 19.4 Å². The van der Waals surface area contributed by atoms with Crippen LogP contribution in [-0.2, 0) is 0 Å². The summed E-state index contributed by atoms with van der Waals surface area (Å²) in [5.74, 6) is 0.394. The van der Waals surface area contributed by atoms with Gasteiger partial charge in [0.05, 0.1) is 0 Å². The molecule has 0 atom stereocenters. The molecule has 2 N–H and O–H groups in total. The number of rotatable bonds is 1. The van der Waals surface area contributed by atoms with Gasteiger partial charge >= 0.3 is 0 Å². The van der Waals surface area contributed by atoms with Crippen LogP contribution in [0.5, 0.6) is 0 Å². The van der Waals surface area contributed by atoms with Gasteiger partial charge in [0, 0.05) is 24.8 Å². The maximum absolute atomic E-state index is 5.75. The van der Waals surface area contributed by atoms with Gasteiger partial charge in [-0.25, -0.2) is 15.0 Å². The van der Waals surface area contributed by atoms with Crippen LogP contribution in [0.4, 0.5) is 5.82 Å². The summed E-state index contributed by atoms with van der Waals surface area (Å²) in [6.07, 6.45) is 6.98. The molecule has 0 aliphatic carbocycles. The molecule has 5 heteroatoms. The van der Waals surface area contributed by atoms with Gasteiger partial charge in [0.2, 0.25) is 0 Å². The number of fused-ring (bicyclic) bond motifs is 1. The van der Waals surface area contributed by atoms with Crippen molar-refractivity contribution in [2.24, 2.45) is 0 Å². The normalized spacial score (nSPS) is 10.8. The third kappa shape index (κ3) is 1.30. The van der Waals surface area contributed by atoms with Crippen molar-refractivity contribution >= 4 is 11.5 Å². The van der Waals surface area contributed by atoms with Crippen LogP contribution in [0.3, 0.4) is 0 Å². The van der Waals surface area contributed by atoms with Gasteiger partial charge in [-0.2, -0.15) is 0 Å². The fourth-order valence-electron chi connectivity index (χ4n) is 1.59. The van der Waals surface area contributed by atoms with Crippen LogP contribution in [0.15, 0.2) is 43.0 Å². The third-order valence-corrected chi connectivity index (χ3v) is 2.33. The van der Waals surface area contributed by atoms with Gasteiger partial charge in [-0.1, -0.05) is 6.07 Å². The lowest BCUT2D eigenvalue weighted by atomic mass is 10.3. The highest BCUT2D eigenvalue weighted by Gasteiger charge is 2.08. The number of aromatic nitrogens is 4. The molecule has 0 radical (unpaired) electrons. The highest BCUT2D eigenvalue weighted by Crippen LogP contribution is 2.20. The quantitative estimate of drug-likeness (QED) is 0.660. The smallest absolute Gasteiger partial charge is 0.151 e. The first-order valence-corrected chi connectivity index (χ1v) is 4.85. The van der Waals surface area contributed by atoms with Crippen LogP contribution in [0.2, 0.25) is 0 Å². The second-order valence-corrected chi connectivity index (χ2v) is 3.38. The van der Waals surface area contributed by atoms with Crippen molar-refractivity contribution in [3.8, 4) is 11.4 Å². The Hall–Kier alpha value is -2.43. The van der Waals surface area contributed by atoms with E-state index in [0.717, 1.165) is 11.3 Å². The predicted molar refractivity (Wildman–Crippen MR) is 60.6 cm³/mol. The number of nitrogen functional groups attached to an aromatic ring is 1. The molecule has 16 heavy (non-hydrogen) atoms. The number of pyridine rings is 1. The van der Waals surface area contributed by atoms with E-state index in [4.69, 9.17) is 5.73 Å². The lowest BCUT2D eigenvalue weighted by molar-refractivity contribution is 1.18. The zero-order valence-corrected chi connectivity index (χ0v) is 8.41. The van der Waals surface area contributed by atoms with E-state index in [0.29, 0.717) is 11.5 Å². The maximum Gasteiger partial charge on any atom is 0.151 e. The number of imidazole rings is 1. The Balaban J connectivity index is 2.23. The lowest BCUT2D eigenvalue weighted by Crippen LogP contribution is -1.95. The summed E-state index contributed by atoms with van der Waals surface area (Å²) in [6, 6.07) is 5.81. The number of nitrogens with two attached hydrogens (primary N) is 1. The molecule has 3 aromatic heterocycles. The van der Waals surface area contributed by atoms with Gasteiger partial charge < -0.3 is 10.1 Å². The molecule has 0 fully saturated rings. The first-order chi connectivity index (χ1) is 7.84. The van der Waals surface area contributed by atoms with Crippen molar-refractivity contribution in [1.29, 1.82) is 0 Å².